The molecule has 0 fully saturated rings. The van der Waals surface area contributed by atoms with Crippen molar-refractivity contribution in [2.75, 3.05) is 13.7 Å². The van der Waals surface area contributed by atoms with E-state index in [0.717, 1.165) is 7.11 Å². The van der Waals surface area contributed by atoms with Gasteiger partial charge in [0.1, 0.15) is 0 Å². The molecule has 1 unspecified atom stereocenters. The number of ether oxygens (including phenoxy) is 2. The molecule has 0 aromatic heterocycles. The van der Waals surface area contributed by atoms with Gasteiger partial charge < -0.3 is 19.9 Å². The normalized spacial score (nSPS) is 13.2. The predicted octanol–water partition coefficient (Wildman–Crippen LogP) is 1.01. The van der Waals surface area contributed by atoms with Crippen molar-refractivity contribution in [1.29, 1.82) is 0 Å². The zero-order chi connectivity index (χ0) is 14.3. The Bertz CT molecular complexity index is 420. The van der Waals surface area contributed by atoms with Gasteiger partial charge in [-0.3, -0.25) is 0 Å². The van der Waals surface area contributed by atoms with Crippen LogP contribution in [0.3, 0.4) is 0 Å². The van der Waals surface area contributed by atoms with Crippen molar-refractivity contribution in [3.8, 4) is 0 Å². The smallest absolute Gasteiger partial charge is 0.407 e. The van der Waals surface area contributed by atoms with E-state index in [4.69, 9.17) is 4.74 Å². The number of nitrogens with one attached hydrogen (secondary N) is 1. The monoisotopic (exact) mass is 267 g/mol. The number of amides is 1. The topological polar surface area (TPSA) is 84.9 Å². The van der Waals surface area contributed by atoms with E-state index in [9.17, 15) is 14.7 Å². The molecule has 19 heavy (non-hydrogen) atoms. The number of carbonyl (C=O) groups excluding carboxylic acids is 2. The van der Waals surface area contributed by atoms with Gasteiger partial charge in [-0.1, -0.05) is 30.3 Å². The Kier molecular flexibility index (Phi) is 5.81. The first kappa shape index (κ1) is 15.0. The highest BCUT2D eigenvalue weighted by atomic mass is 16.6. The number of esters is 1. The first-order chi connectivity index (χ1) is 9.10. The summed E-state index contributed by atoms with van der Waals surface area (Å²) in [7, 11) is 1.16. The molecule has 6 nitrogen and oxygen atoms in total. The summed E-state index contributed by atoms with van der Waals surface area (Å²) in [5.41, 5.74) is 0.577. The van der Waals surface area contributed by atoms with E-state index >= 15 is 0 Å². The molecule has 6 heteroatoms. The van der Waals surface area contributed by atoms with Crippen LogP contribution in [0.25, 0.3) is 0 Å². The van der Waals surface area contributed by atoms with Gasteiger partial charge >= 0.3 is 12.1 Å². The molecule has 0 saturated heterocycles. The number of rotatable bonds is 5. The maximum absolute atomic E-state index is 11.4. The first-order valence-electron chi connectivity index (χ1n) is 5.84. The third-order valence-corrected chi connectivity index (χ3v) is 2.47. The number of methoxy groups -OCH3 is 1. The van der Waals surface area contributed by atoms with Gasteiger partial charge in [-0.25, -0.2) is 9.59 Å². The lowest BCUT2D eigenvalue weighted by molar-refractivity contribution is -0.152. The van der Waals surface area contributed by atoms with Crippen molar-refractivity contribution < 1.29 is 24.2 Å². The van der Waals surface area contributed by atoms with Gasteiger partial charge in [0.05, 0.1) is 19.8 Å². The summed E-state index contributed by atoms with van der Waals surface area (Å²) in [4.78, 5) is 22.8. The highest BCUT2D eigenvalue weighted by molar-refractivity contribution is 5.77. The molecular weight excluding hydrogens is 250 g/mol. The van der Waals surface area contributed by atoms with Crippen LogP contribution in [0.4, 0.5) is 4.79 Å². The fourth-order valence-corrected chi connectivity index (χ4v) is 1.56. The minimum atomic E-state index is -1.50. The highest BCUT2D eigenvalue weighted by Crippen LogP contribution is 2.18. The Morgan fingerprint density at radius 3 is 2.47 bits per heavy atom. The van der Waals surface area contributed by atoms with E-state index in [1.807, 2.05) is 0 Å². The van der Waals surface area contributed by atoms with Crippen molar-refractivity contribution >= 4 is 12.1 Å². The lowest BCUT2D eigenvalue weighted by Crippen LogP contribution is -2.41. The molecular formula is C13H17NO5. The van der Waals surface area contributed by atoms with E-state index in [0.29, 0.717) is 5.56 Å². The molecule has 1 aromatic rings. The van der Waals surface area contributed by atoms with Gasteiger partial charge in [0.2, 0.25) is 0 Å². The van der Waals surface area contributed by atoms with Gasteiger partial charge in [0, 0.05) is 0 Å². The summed E-state index contributed by atoms with van der Waals surface area (Å²) in [6.45, 7) is 1.86. The van der Waals surface area contributed by atoms with E-state index < -0.39 is 24.2 Å². The van der Waals surface area contributed by atoms with Gasteiger partial charge in [-0.15, -0.1) is 0 Å². The van der Waals surface area contributed by atoms with E-state index in [1.165, 1.54) is 0 Å². The summed E-state index contributed by atoms with van der Waals surface area (Å²) in [6, 6.07) is 7.70. The molecule has 1 aromatic carbocycles. The second kappa shape index (κ2) is 7.38. The summed E-state index contributed by atoms with van der Waals surface area (Å²) in [5, 5.41) is 12.3. The molecule has 0 radical (unpaired) electrons. The fourth-order valence-electron chi connectivity index (χ4n) is 1.56. The van der Waals surface area contributed by atoms with Crippen LogP contribution in [0.15, 0.2) is 30.3 Å². The highest BCUT2D eigenvalue weighted by Gasteiger charge is 2.30. The number of alkyl carbamates (subject to hydrolysis) is 1. The molecule has 1 amide bonds. The largest absolute Gasteiger partial charge is 0.467 e. The molecule has 0 saturated carbocycles. The lowest BCUT2D eigenvalue weighted by Gasteiger charge is -2.22. The maximum Gasteiger partial charge on any atom is 0.407 e. The fraction of sp³-hybridized carbons (Fsp3) is 0.385. The van der Waals surface area contributed by atoms with Crippen molar-refractivity contribution in [1.82, 2.24) is 5.32 Å². The quantitative estimate of drug-likeness (QED) is 0.778. The molecule has 2 N–H and O–H groups in total. The van der Waals surface area contributed by atoms with Crippen LogP contribution in [0.5, 0.6) is 0 Å². The van der Waals surface area contributed by atoms with Crippen molar-refractivity contribution in [3.05, 3.63) is 35.9 Å². The average molecular weight is 267 g/mol. The second-order valence-electron chi connectivity index (χ2n) is 3.72. The van der Waals surface area contributed by atoms with Crippen LogP contribution >= 0.6 is 0 Å². The molecule has 0 bridgehead atoms. The molecule has 1 rings (SSSR count). The Morgan fingerprint density at radius 1 is 1.32 bits per heavy atom. The van der Waals surface area contributed by atoms with Crippen LogP contribution in [-0.2, 0) is 14.3 Å². The predicted molar refractivity (Wildman–Crippen MR) is 67.4 cm³/mol. The summed E-state index contributed by atoms with van der Waals surface area (Å²) >= 11 is 0. The molecule has 0 aliphatic heterocycles. The van der Waals surface area contributed by atoms with Gasteiger partial charge in [-0.05, 0) is 12.5 Å². The number of aliphatic hydroxyl groups excluding tert-OH is 1. The number of benzene rings is 1. The lowest BCUT2D eigenvalue weighted by atomic mass is 10.0. The Hall–Kier alpha value is -2.08. The van der Waals surface area contributed by atoms with Crippen molar-refractivity contribution in [2.24, 2.45) is 0 Å². The molecule has 0 aliphatic carbocycles. The second-order valence-corrected chi connectivity index (χ2v) is 3.72. The Morgan fingerprint density at radius 2 is 1.95 bits per heavy atom. The summed E-state index contributed by atoms with van der Waals surface area (Å²) in [5.74, 6) is -0.828. The molecule has 0 spiro atoms. The third-order valence-electron chi connectivity index (χ3n) is 2.47. The van der Waals surface area contributed by atoms with Crippen LogP contribution < -0.4 is 5.32 Å². The minimum absolute atomic E-state index is 0.196. The zero-order valence-electron chi connectivity index (χ0n) is 10.8. The average Bonchev–Trinajstić information content (AvgIpc) is 2.44. The van der Waals surface area contributed by atoms with E-state index in [1.54, 1.807) is 37.3 Å². The van der Waals surface area contributed by atoms with Crippen LogP contribution in [0.2, 0.25) is 0 Å². The first-order valence-corrected chi connectivity index (χ1v) is 5.84. The molecule has 0 heterocycles. The van der Waals surface area contributed by atoms with E-state index in [-0.39, 0.29) is 6.61 Å². The van der Waals surface area contributed by atoms with Crippen LogP contribution in [0, 0.1) is 0 Å². The summed E-state index contributed by atoms with van der Waals surface area (Å²) < 4.78 is 9.22. The Balaban J connectivity index is 2.91. The number of aliphatic hydroxyl groups is 1. The Labute approximate surface area is 111 Å². The number of carbonyl (C=O) groups is 2. The molecule has 104 valence electrons. The third kappa shape index (κ3) is 4.26. The summed E-state index contributed by atoms with van der Waals surface area (Å²) in [6.07, 6.45) is -2.21. The van der Waals surface area contributed by atoms with Crippen LogP contribution in [-0.4, -0.2) is 37.0 Å². The van der Waals surface area contributed by atoms with Gasteiger partial charge in [0.15, 0.2) is 6.10 Å². The molecule has 0 aliphatic rings. The number of hydrogen-bond donors (Lipinski definition) is 2. The standard InChI is InChI=1S/C13H17NO5/c1-3-19-13(17)14-10(11(15)12(16)18-2)9-7-5-4-6-8-9/h4-8,10-11,15H,3H2,1-2H3,(H,14,17)/t10?,11-/m0/s1. The maximum atomic E-state index is 11.4. The SMILES string of the molecule is CCOC(=O)NC(c1ccccc1)[C@H](O)C(=O)OC. The van der Waals surface area contributed by atoms with Gasteiger partial charge in [-0.2, -0.15) is 0 Å². The van der Waals surface area contributed by atoms with Gasteiger partial charge in [0.25, 0.3) is 0 Å². The molecule has 2 atom stereocenters. The number of hydrogen-bond acceptors (Lipinski definition) is 5. The van der Waals surface area contributed by atoms with Crippen LogP contribution in [0.1, 0.15) is 18.5 Å². The zero-order valence-corrected chi connectivity index (χ0v) is 10.8. The van der Waals surface area contributed by atoms with Crippen molar-refractivity contribution in [3.63, 3.8) is 0 Å². The van der Waals surface area contributed by atoms with Crippen molar-refractivity contribution in [2.45, 2.75) is 19.1 Å². The van der Waals surface area contributed by atoms with E-state index in [2.05, 4.69) is 10.1 Å². The minimum Gasteiger partial charge on any atom is -0.467 e.